The number of carbonyl (C=O) groups is 1. The summed E-state index contributed by atoms with van der Waals surface area (Å²) in [6.45, 7) is 8.47. The Morgan fingerprint density at radius 2 is 1.68 bits per heavy atom. The topological polar surface area (TPSA) is 79.0 Å². The lowest BCUT2D eigenvalue weighted by molar-refractivity contribution is 0.0950. The first-order chi connectivity index (χ1) is 14.8. The van der Waals surface area contributed by atoms with Crippen LogP contribution >= 0.6 is 0 Å². The smallest absolute Gasteiger partial charge is 0.251 e. The Morgan fingerprint density at radius 1 is 1.00 bits per heavy atom. The lowest BCUT2D eigenvalue weighted by atomic mass is 10.1. The number of hydrogen-bond acceptors (Lipinski definition) is 5. The van der Waals surface area contributed by atoms with E-state index in [1.54, 1.807) is 19.9 Å². The fraction of sp³-hybridized carbons (Fsp3) is 0.435. The van der Waals surface area contributed by atoms with Gasteiger partial charge in [-0.25, -0.2) is 8.42 Å². The minimum absolute atomic E-state index is 0.00375. The van der Waals surface area contributed by atoms with E-state index in [0.29, 0.717) is 19.6 Å². The molecule has 0 bridgehead atoms. The summed E-state index contributed by atoms with van der Waals surface area (Å²) in [4.78, 5) is 14.9. The molecule has 0 atom stereocenters. The highest BCUT2D eigenvalue weighted by molar-refractivity contribution is 7.89. The van der Waals surface area contributed by atoms with Gasteiger partial charge in [0.05, 0.1) is 7.11 Å². The molecule has 2 aromatic carbocycles. The second-order valence-corrected chi connectivity index (χ2v) is 9.19. The summed E-state index contributed by atoms with van der Waals surface area (Å²) >= 11 is 0. The van der Waals surface area contributed by atoms with Crippen LogP contribution in [0.4, 0.5) is 0 Å². The van der Waals surface area contributed by atoms with Crippen molar-refractivity contribution in [1.82, 2.24) is 14.5 Å². The number of nitrogens with zero attached hydrogens (tertiary/aromatic N) is 2. The highest BCUT2D eigenvalue weighted by Gasteiger charge is 2.26. The molecule has 1 N–H and O–H groups in total. The molecule has 0 saturated heterocycles. The maximum absolute atomic E-state index is 13.0. The summed E-state index contributed by atoms with van der Waals surface area (Å²) in [6, 6.07) is 12.5. The SMILES string of the molecule is CCN(C)Cc1cccc(CNC(=O)c2ccc(OC)c(S(=O)(=O)N(CC)CC)c2)c1. The molecule has 7 nitrogen and oxygen atoms in total. The number of sulfonamides is 1. The van der Waals surface area contributed by atoms with Gasteiger partial charge in [0.1, 0.15) is 10.6 Å². The zero-order valence-corrected chi connectivity index (χ0v) is 19.8. The molecule has 0 saturated carbocycles. The average molecular weight is 448 g/mol. The van der Waals surface area contributed by atoms with Gasteiger partial charge in [-0.3, -0.25) is 4.79 Å². The molecule has 1 amide bonds. The predicted molar refractivity (Wildman–Crippen MR) is 123 cm³/mol. The largest absolute Gasteiger partial charge is 0.495 e. The monoisotopic (exact) mass is 447 g/mol. The molecular formula is C23H33N3O4S. The van der Waals surface area contributed by atoms with Crippen LogP contribution in [0.5, 0.6) is 5.75 Å². The second kappa shape index (κ2) is 11.3. The van der Waals surface area contributed by atoms with E-state index in [1.165, 1.54) is 29.1 Å². The van der Waals surface area contributed by atoms with Gasteiger partial charge in [-0.15, -0.1) is 0 Å². The third kappa shape index (κ3) is 6.29. The number of hydrogen-bond donors (Lipinski definition) is 1. The number of carbonyl (C=O) groups excluding carboxylic acids is 1. The summed E-state index contributed by atoms with van der Waals surface area (Å²) in [5.41, 5.74) is 2.43. The van der Waals surface area contributed by atoms with E-state index in [2.05, 4.69) is 36.3 Å². The van der Waals surface area contributed by atoms with Crippen molar-refractivity contribution in [1.29, 1.82) is 0 Å². The van der Waals surface area contributed by atoms with E-state index < -0.39 is 10.0 Å². The van der Waals surface area contributed by atoms with Crippen LogP contribution in [0.25, 0.3) is 0 Å². The van der Waals surface area contributed by atoms with E-state index in [-0.39, 0.29) is 22.1 Å². The van der Waals surface area contributed by atoms with Crippen LogP contribution in [0, 0.1) is 0 Å². The molecule has 0 fully saturated rings. The van der Waals surface area contributed by atoms with Crippen LogP contribution in [0.1, 0.15) is 42.3 Å². The molecule has 0 aliphatic heterocycles. The van der Waals surface area contributed by atoms with Gasteiger partial charge in [-0.05, 0) is 42.9 Å². The molecule has 31 heavy (non-hydrogen) atoms. The van der Waals surface area contributed by atoms with Gasteiger partial charge in [0.25, 0.3) is 5.91 Å². The van der Waals surface area contributed by atoms with Crippen LogP contribution in [0.2, 0.25) is 0 Å². The maximum atomic E-state index is 13.0. The molecule has 0 heterocycles. The van der Waals surface area contributed by atoms with Gasteiger partial charge in [-0.2, -0.15) is 4.31 Å². The molecule has 2 rings (SSSR count). The van der Waals surface area contributed by atoms with Crippen LogP contribution in [-0.2, 0) is 23.1 Å². The molecule has 0 spiro atoms. The third-order valence-corrected chi connectivity index (χ3v) is 7.26. The van der Waals surface area contributed by atoms with E-state index in [4.69, 9.17) is 4.74 Å². The van der Waals surface area contributed by atoms with E-state index >= 15 is 0 Å². The third-order valence-electron chi connectivity index (χ3n) is 5.19. The zero-order valence-electron chi connectivity index (χ0n) is 19.0. The minimum atomic E-state index is -3.76. The van der Waals surface area contributed by atoms with Crippen molar-refractivity contribution >= 4 is 15.9 Å². The maximum Gasteiger partial charge on any atom is 0.251 e. The Balaban J connectivity index is 2.20. The van der Waals surface area contributed by atoms with Gasteiger partial charge < -0.3 is 15.0 Å². The van der Waals surface area contributed by atoms with Crippen LogP contribution in [0.3, 0.4) is 0 Å². The summed E-state index contributed by atoms with van der Waals surface area (Å²) < 4.78 is 32.6. The number of benzene rings is 2. The fourth-order valence-corrected chi connectivity index (χ4v) is 4.91. The van der Waals surface area contributed by atoms with E-state index in [1.807, 2.05) is 12.1 Å². The van der Waals surface area contributed by atoms with Gasteiger partial charge in [0.2, 0.25) is 10.0 Å². The Kier molecular flexibility index (Phi) is 9.03. The number of rotatable bonds is 11. The fourth-order valence-electron chi connectivity index (χ4n) is 3.27. The van der Waals surface area contributed by atoms with E-state index in [9.17, 15) is 13.2 Å². The van der Waals surface area contributed by atoms with Crippen LogP contribution < -0.4 is 10.1 Å². The molecule has 2 aromatic rings. The first-order valence-corrected chi connectivity index (χ1v) is 11.9. The Bertz CT molecular complexity index is 988. The lowest BCUT2D eigenvalue weighted by Gasteiger charge is -2.20. The van der Waals surface area contributed by atoms with Crippen molar-refractivity contribution in [3.8, 4) is 5.75 Å². The summed E-state index contributed by atoms with van der Waals surface area (Å²) in [6.07, 6.45) is 0. The van der Waals surface area contributed by atoms with Gasteiger partial charge in [0, 0.05) is 31.7 Å². The van der Waals surface area contributed by atoms with Crippen molar-refractivity contribution in [3.63, 3.8) is 0 Å². The van der Waals surface area contributed by atoms with Crippen molar-refractivity contribution in [2.45, 2.75) is 38.8 Å². The lowest BCUT2D eigenvalue weighted by Crippen LogP contribution is -2.31. The van der Waals surface area contributed by atoms with Crippen molar-refractivity contribution in [2.75, 3.05) is 33.8 Å². The van der Waals surface area contributed by atoms with Crippen LogP contribution in [0.15, 0.2) is 47.4 Å². The summed E-state index contributed by atoms with van der Waals surface area (Å²) in [5, 5.41) is 2.88. The Morgan fingerprint density at radius 3 is 2.29 bits per heavy atom. The normalized spacial score (nSPS) is 11.7. The number of methoxy groups -OCH3 is 1. The highest BCUT2D eigenvalue weighted by atomic mass is 32.2. The molecule has 0 radical (unpaired) electrons. The van der Waals surface area contributed by atoms with Crippen molar-refractivity contribution < 1.29 is 17.9 Å². The molecule has 0 aliphatic rings. The van der Waals surface area contributed by atoms with Crippen molar-refractivity contribution in [3.05, 3.63) is 59.2 Å². The summed E-state index contributed by atoms with van der Waals surface area (Å²) in [5.74, 6) is -0.120. The van der Waals surface area contributed by atoms with Gasteiger partial charge >= 0.3 is 0 Å². The van der Waals surface area contributed by atoms with Gasteiger partial charge in [-0.1, -0.05) is 45.0 Å². The second-order valence-electron chi connectivity index (χ2n) is 7.29. The Hall–Kier alpha value is -2.42. The number of nitrogens with one attached hydrogen (secondary N) is 1. The summed E-state index contributed by atoms with van der Waals surface area (Å²) in [7, 11) is -0.290. The standard InChI is InChI=1S/C23H33N3O4S/c1-6-25(4)17-19-11-9-10-18(14-19)16-24-23(27)20-12-13-21(30-5)22(15-20)31(28,29)26(7-2)8-3/h9-15H,6-8,16-17H2,1-5H3,(H,24,27). The number of ether oxygens (including phenoxy) is 1. The quantitative estimate of drug-likeness (QED) is 0.573. The first kappa shape index (κ1) is 24.8. The van der Waals surface area contributed by atoms with Crippen LogP contribution in [-0.4, -0.2) is 57.3 Å². The molecule has 170 valence electrons. The molecule has 8 heteroatoms. The molecule has 0 unspecified atom stereocenters. The minimum Gasteiger partial charge on any atom is -0.495 e. The highest BCUT2D eigenvalue weighted by Crippen LogP contribution is 2.28. The average Bonchev–Trinajstić information content (AvgIpc) is 2.77. The Labute approximate surface area is 186 Å². The zero-order chi connectivity index (χ0) is 23.0. The molecular weight excluding hydrogens is 414 g/mol. The first-order valence-electron chi connectivity index (χ1n) is 10.5. The van der Waals surface area contributed by atoms with E-state index in [0.717, 1.165) is 18.7 Å². The van der Waals surface area contributed by atoms with Gasteiger partial charge in [0.15, 0.2) is 0 Å². The predicted octanol–water partition coefficient (Wildman–Crippen LogP) is 3.11. The molecule has 0 aliphatic carbocycles. The number of amides is 1. The molecule has 0 aromatic heterocycles. The van der Waals surface area contributed by atoms with Crippen molar-refractivity contribution in [2.24, 2.45) is 0 Å².